The van der Waals surface area contributed by atoms with E-state index in [0.717, 1.165) is 39.7 Å². The second-order valence-electron chi connectivity index (χ2n) is 8.94. The van der Waals surface area contributed by atoms with Gasteiger partial charge in [0.1, 0.15) is 11.3 Å². The molecule has 0 saturated carbocycles. The number of carbonyl (C=O) groups is 1. The molecule has 5 rings (SSSR count). The number of aryl methyl sites for hydroxylation is 2. The highest BCUT2D eigenvalue weighted by Crippen LogP contribution is 2.42. The monoisotopic (exact) mass is 531 g/mol. The van der Waals surface area contributed by atoms with E-state index in [9.17, 15) is 9.59 Å². The van der Waals surface area contributed by atoms with E-state index >= 15 is 0 Å². The first-order valence-corrected chi connectivity index (χ1v) is 12.6. The van der Waals surface area contributed by atoms with Crippen molar-refractivity contribution in [2.45, 2.75) is 39.7 Å². The first-order chi connectivity index (χ1) is 16.9. The number of nitrogens with zero attached hydrogens (tertiary/aromatic N) is 1. The lowest BCUT2D eigenvalue weighted by molar-refractivity contribution is 0.0971. The Morgan fingerprint density at radius 1 is 1.00 bits per heavy atom. The Bertz CT molecular complexity index is 1510. The molecule has 1 aromatic heterocycles. The van der Waals surface area contributed by atoms with Crippen molar-refractivity contribution >= 4 is 38.5 Å². The number of fused-ring (bicyclic) bond motifs is 2. The summed E-state index contributed by atoms with van der Waals surface area (Å²) in [5.74, 6) is 0.475. The van der Waals surface area contributed by atoms with Crippen LogP contribution in [0.2, 0.25) is 0 Å². The molecule has 1 aliphatic rings. The van der Waals surface area contributed by atoms with Gasteiger partial charge in [-0.25, -0.2) is 0 Å². The van der Waals surface area contributed by atoms with Crippen molar-refractivity contribution in [1.29, 1.82) is 0 Å². The highest BCUT2D eigenvalue weighted by atomic mass is 79.9. The van der Waals surface area contributed by atoms with Gasteiger partial charge < -0.3 is 9.15 Å². The van der Waals surface area contributed by atoms with Crippen LogP contribution in [0.3, 0.4) is 0 Å². The zero-order valence-electron chi connectivity index (χ0n) is 19.9. The van der Waals surface area contributed by atoms with Gasteiger partial charge in [-0.05, 0) is 79.4 Å². The van der Waals surface area contributed by atoms with Crippen molar-refractivity contribution in [3.8, 4) is 5.75 Å². The molecule has 3 aromatic carbocycles. The summed E-state index contributed by atoms with van der Waals surface area (Å²) in [6.07, 6.45) is 1.99. The normalized spacial score (nSPS) is 15.0. The maximum Gasteiger partial charge on any atom is 0.295 e. The highest BCUT2D eigenvalue weighted by Gasteiger charge is 2.43. The second-order valence-corrected chi connectivity index (χ2v) is 9.85. The Balaban J connectivity index is 1.73. The molecule has 0 spiro atoms. The fourth-order valence-corrected chi connectivity index (χ4v) is 4.87. The van der Waals surface area contributed by atoms with E-state index in [4.69, 9.17) is 9.15 Å². The summed E-state index contributed by atoms with van der Waals surface area (Å²) in [6, 6.07) is 18.2. The Morgan fingerprint density at radius 2 is 1.83 bits per heavy atom. The first kappa shape index (κ1) is 23.4. The average Bonchev–Trinajstić information content (AvgIpc) is 3.14. The van der Waals surface area contributed by atoms with Crippen LogP contribution < -0.4 is 15.1 Å². The molecule has 0 bridgehead atoms. The fourth-order valence-electron chi connectivity index (χ4n) is 4.51. The number of carbonyl (C=O) groups excluding carboxylic acids is 1. The van der Waals surface area contributed by atoms with Gasteiger partial charge in [-0.2, -0.15) is 0 Å². The van der Waals surface area contributed by atoms with Crippen LogP contribution >= 0.6 is 15.9 Å². The largest absolute Gasteiger partial charge is 0.494 e. The molecule has 6 heteroatoms. The standard InChI is InChI=1S/C29H26BrNO4/c1-4-5-13-34-22-8-6-7-19(15-22)26-25-27(32)23-16-20(30)10-12-24(23)35-28(25)29(33)31(26)21-11-9-17(2)18(3)14-21/h6-12,14-16,26H,4-5,13H2,1-3H3. The van der Waals surface area contributed by atoms with Crippen molar-refractivity contribution in [2.24, 2.45) is 0 Å². The van der Waals surface area contributed by atoms with Crippen LogP contribution in [0.4, 0.5) is 5.69 Å². The number of unbranched alkanes of at least 4 members (excludes halogenated alkanes) is 1. The molecule has 178 valence electrons. The number of halogens is 1. The number of benzene rings is 3. The van der Waals surface area contributed by atoms with Crippen LogP contribution in [0.15, 0.2) is 74.3 Å². The van der Waals surface area contributed by atoms with E-state index in [1.807, 2.05) is 56.3 Å². The molecule has 1 amide bonds. The number of hydrogen-bond donors (Lipinski definition) is 0. The Labute approximate surface area is 212 Å². The van der Waals surface area contributed by atoms with Crippen LogP contribution in [0.25, 0.3) is 11.0 Å². The molecule has 35 heavy (non-hydrogen) atoms. The lowest BCUT2D eigenvalue weighted by atomic mass is 9.97. The molecule has 4 aromatic rings. The van der Waals surface area contributed by atoms with E-state index < -0.39 is 6.04 Å². The van der Waals surface area contributed by atoms with Gasteiger partial charge in [0.2, 0.25) is 5.76 Å². The summed E-state index contributed by atoms with van der Waals surface area (Å²) in [6.45, 7) is 6.77. The summed E-state index contributed by atoms with van der Waals surface area (Å²) in [5, 5.41) is 0.438. The third-order valence-corrected chi connectivity index (χ3v) is 7.03. The van der Waals surface area contributed by atoms with Crippen LogP contribution in [0.5, 0.6) is 5.75 Å². The smallest absolute Gasteiger partial charge is 0.295 e. The topological polar surface area (TPSA) is 59.8 Å². The highest BCUT2D eigenvalue weighted by molar-refractivity contribution is 9.10. The molecular formula is C29H26BrNO4. The molecule has 0 aliphatic carbocycles. The van der Waals surface area contributed by atoms with Crippen LogP contribution in [-0.2, 0) is 0 Å². The van der Waals surface area contributed by atoms with Gasteiger partial charge in [0, 0.05) is 10.2 Å². The van der Waals surface area contributed by atoms with Gasteiger partial charge in [0.15, 0.2) is 5.43 Å². The van der Waals surface area contributed by atoms with E-state index in [2.05, 4.69) is 22.9 Å². The summed E-state index contributed by atoms with van der Waals surface area (Å²) < 4.78 is 12.8. The third kappa shape index (κ3) is 4.16. The summed E-state index contributed by atoms with van der Waals surface area (Å²) in [4.78, 5) is 29.3. The average molecular weight is 532 g/mol. The summed E-state index contributed by atoms with van der Waals surface area (Å²) in [5.41, 5.74) is 4.25. The van der Waals surface area contributed by atoms with Gasteiger partial charge in [0.05, 0.1) is 23.6 Å². The molecule has 0 fully saturated rings. The number of rotatable bonds is 6. The van der Waals surface area contributed by atoms with E-state index in [0.29, 0.717) is 28.9 Å². The first-order valence-electron chi connectivity index (χ1n) is 11.8. The number of hydrogen-bond acceptors (Lipinski definition) is 4. The Hall–Kier alpha value is -3.38. The molecule has 0 N–H and O–H groups in total. The second kappa shape index (κ2) is 9.34. The molecular weight excluding hydrogens is 506 g/mol. The zero-order chi connectivity index (χ0) is 24.7. The quantitative estimate of drug-likeness (QED) is 0.249. The SMILES string of the molecule is CCCCOc1cccc(C2c3c(oc4ccc(Br)cc4c3=O)C(=O)N2c2ccc(C)c(C)c2)c1. The summed E-state index contributed by atoms with van der Waals surface area (Å²) in [7, 11) is 0. The van der Waals surface area contributed by atoms with Gasteiger partial charge in [-0.15, -0.1) is 0 Å². The maximum atomic E-state index is 13.8. The minimum atomic E-state index is -0.631. The number of anilines is 1. The fraction of sp³-hybridized carbons (Fsp3) is 0.241. The van der Waals surface area contributed by atoms with Crippen LogP contribution in [-0.4, -0.2) is 12.5 Å². The lowest BCUT2D eigenvalue weighted by Crippen LogP contribution is -2.29. The molecule has 2 heterocycles. The lowest BCUT2D eigenvalue weighted by Gasteiger charge is -2.26. The minimum Gasteiger partial charge on any atom is -0.494 e. The van der Waals surface area contributed by atoms with E-state index in [-0.39, 0.29) is 17.1 Å². The Kier molecular flexibility index (Phi) is 6.24. The summed E-state index contributed by atoms with van der Waals surface area (Å²) >= 11 is 3.45. The minimum absolute atomic E-state index is 0.0883. The van der Waals surface area contributed by atoms with Gasteiger partial charge in [-0.1, -0.05) is 47.5 Å². The predicted molar refractivity (Wildman–Crippen MR) is 142 cm³/mol. The van der Waals surface area contributed by atoms with Crippen LogP contribution in [0.1, 0.15) is 58.6 Å². The van der Waals surface area contributed by atoms with E-state index in [1.54, 1.807) is 23.1 Å². The van der Waals surface area contributed by atoms with E-state index in [1.165, 1.54) is 0 Å². The number of ether oxygens (including phenoxy) is 1. The maximum absolute atomic E-state index is 13.8. The van der Waals surface area contributed by atoms with Gasteiger partial charge >= 0.3 is 0 Å². The van der Waals surface area contributed by atoms with Gasteiger partial charge in [-0.3, -0.25) is 14.5 Å². The van der Waals surface area contributed by atoms with Crippen molar-refractivity contribution in [3.63, 3.8) is 0 Å². The molecule has 0 radical (unpaired) electrons. The van der Waals surface area contributed by atoms with Crippen molar-refractivity contribution in [2.75, 3.05) is 11.5 Å². The molecule has 1 unspecified atom stereocenters. The third-order valence-electron chi connectivity index (χ3n) is 6.54. The Morgan fingerprint density at radius 3 is 2.60 bits per heavy atom. The molecule has 1 atom stereocenters. The molecule has 5 nitrogen and oxygen atoms in total. The van der Waals surface area contributed by atoms with Crippen molar-refractivity contribution < 1.29 is 13.9 Å². The molecule has 0 saturated heterocycles. The van der Waals surface area contributed by atoms with Crippen molar-refractivity contribution in [3.05, 3.63) is 103 Å². The molecule has 1 aliphatic heterocycles. The van der Waals surface area contributed by atoms with Crippen LogP contribution in [0, 0.1) is 13.8 Å². The van der Waals surface area contributed by atoms with Crippen molar-refractivity contribution in [1.82, 2.24) is 0 Å². The zero-order valence-corrected chi connectivity index (χ0v) is 21.5. The number of amides is 1. The predicted octanol–water partition coefficient (Wildman–Crippen LogP) is 7.10. The van der Waals surface area contributed by atoms with Gasteiger partial charge in [0.25, 0.3) is 5.91 Å².